The number of anilines is 1. The molecule has 3 aliphatic heterocycles. The van der Waals surface area contributed by atoms with E-state index < -0.39 is 0 Å². The number of likely N-dealkylation sites (N-methyl/N-ethyl adjacent to an activating group) is 1. The Morgan fingerprint density at radius 3 is 2.68 bits per heavy atom. The van der Waals surface area contributed by atoms with Gasteiger partial charge in [0.1, 0.15) is 0 Å². The Labute approximate surface area is 147 Å². The highest BCUT2D eigenvalue weighted by Gasteiger charge is 2.36. The van der Waals surface area contributed by atoms with Crippen molar-refractivity contribution in [3.63, 3.8) is 0 Å². The van der Waals surface area contributed by atoms with Gasteiger partial charge < -0.3 is 14.4 Å². The molecule has 1 aromatic heterocycles. The second-order valence-electron chi connectivity index (χ2n) is 7.15. The lowest BCUT2D eigenvalue weighted by molar-refractivity contribution is 0.0947. The van der Waals surface area contributed by atoms with E-state index >= 15 is 0 Å². The topological polar surface area (TPSA) is 50.7 Å². The van der Waals surface area contributed by atoms with Crippen molar-refractivity contribution < 1.29 is 9.47 Å². The van der Waals surface area contributed by atoms with E-state index in [1.165, 1.54) is 19.3 Å². The molecule has 2 saturated heterocycles. The first-order valence-corrected chi connectivity index (χ1v) is 8.98. The van der Waals surface area contributed by atoms with E-state index in [4.69, 9.17) is 9.47 Å². The minimum Gasteiger partial charge on any atom is -0.454 e. The Hall–Kier alpha value is -2.34. The number of benzene rings is 1. The highest BCUT2D eigenvalue weighted by Crippen LogP contribution is 2.39. The highest BCUT2D eigenvalue weighted by molar-refractivity contribution is 5.77. The van der Waals surface area contributed by atoms with Gasteiger partial charge in [-0.3, -0.25) is 4.90 Å². The number of aromatic nitrogens is 2. The zero-order chi connectivity index (χ0) is 16.8. The van der Waals surface area contributed by atoms with Crippen molar-refractivity contribution in [2.75, 3.05) is 31.8 Å². The lowest BCUT2D eigenvalue weighted by Gasteiger charge is -2.49. The van der Waals surface area contributed by atoms with Crippen LogP contribution in [0.5, 0.6) is 11.5 Å². The summed E-state index contributed by atoms with van der Waals surface area (Å²) in [6.45, 7) is 2.33. The Balaban J connectivity index is 1.51. The smallest absolute Gasteiger partial charge is 0.231 e. The van der Waals surface area contributed by atoms with E-state index in [2.05, 4.69) is 33.1 Å². The van der Waals surface area contributed by atoms with Gasteiger partial charge in [-0.2, -0.15) is 5.10 Å². The van der Waals surface area contributed by atoms with Gasteiger partial charge in [0.05, 0.1) is 6.20 Å². The second kappa shape index (κ2) is 5.88. The number of piperazine rings is 1. The molecule has 130 valence electrons. The largest absolute Gasteiger partial charge is 0.454 e. The third-order valence-corrected chi connectivity index (χ3v) is 5.77. The summed E-state index contributed by atoms with van der Waals surface area (Å²) in [6.07, 6.45) is 5.63. The van der Waals surface area contributed by atoms with Gasteiger partial charge in [-0.25, -0.2) is 0 Å². The summed E-state index contributed by atoms with van der Waals surface area (Å²) in [6, 6.07) is 9.36. The van der Waals surface area contributed by atoms with Gasteiger partial charge in [0.2, 0.25) is 6.79 Å². The van der Waals surface area contributed by atoms with Gasteiger partial charge in [0, 0.05) is 30.7 Å². The summed E-state index contributed by atoms with van der Waals surface area (Å²) in [5, 5.41) is 8.68. The molecule has 0 N–H and O–H groups in total. The van der Waals surface area contributed by atoms with Crippen LogP contribution in [0.3, 0.4) is 0 Å². The van der Waals surface area contributed by atoms with Crippen LogP contribution in [0, 0.1) is 0 Å². The summed E-state index contributed by atoms with van der Waals surface area (Å²) in [4.78, 5) is 4.97. The van der Waals surface area contributed by atoms with Crippen molar-refractivity contribution in [1.82, 2.24) is 15.1 Å². The third kappa shape index (κ3) is 2.52. The fraction of sp³-hybridized carbons (Fsp3) is 0.474. The molecule has 2 bridgehead atoms. The van der Waals surface area contributed by atoms with Crippen LogP contribution in [0.25, 0.3) is 11.1 Å². The molecule has 4 heterocycles. The van der Waals surface area contributed by atoms with Crippen molar-refractivity contribution in [2.24, 2.45) is 0 Å². The fourth-order valence-electron chi connectivity index (χ4n) is 4.34. The van der Waals surface area contributed by atoms with Crippen LogP contribution in [0.4, 0.5) is 5.82 Å². The molecular weight excluding hydrogens is 316 g/mol. The number of hydrogen-bond donors (Lipinski definition) is 0. The molecule has 0 radical (unpaired) electrons. The predicted molar refractivity (Wildman–Crippen MR) is 95.0 cm³/mol. The molecule has 0 aliphatic carbocycles. The number of piperidine rings is 1. The molecule has 25 heavy (non-hydrogen) atoms. The first-order chi connectivity index (χ1) is 12.3. The summed E-state index contributed by atoms with van der Waals surface area (Å²) in [5.41, 5.74) is 2.20. The minimum atomic E-state index is 0.294. The van der Waals surface area contributed by atoms with Gasteiger partial charge in [0.25, 0.3) is 0 Å². The molecule has 3 aliphatic rings. The van der Waals surface area contributed by atoms with Gasteiger partial charge in [-0.1, -0.05) is 12.5 Å². The number of rotatable bonds is 2. The van der Waals surface area contributed by atoms with E-state index in [1.54, 1.807) is 6.20 Å². The number of fused-ring (bicyclic) bond motifs is 3. The monoisotopic (exact) mass is 338 g/mol. The average Bonchev–Trinajstić information content (AvgIpc) is 3.09. The van der Waals surface area contributed by atoms with E-state index in [0.717, 1.165) is 41.5 Å². The van der Waals surface area contributed by atoms with Crippen LogP contribution in [0.2, 0.25) is 0 Å². The fourth-order valence-corrected chi connectivity index (χ4v) is 4.34. The van der Waals surface area contributed by atoms with E-state index in [-0.39, 0.29) is 0 Å². The van der Waals surface area contributed by atoms with E-state index in [0.29, 0.717) is 18.9 Å². The Morgan fingerprint density at radius 2 is 1.84 bits per heavy atom. The Morgan fingerprint density at radius 1 is 1.04 bits per heavy atom. The van der Waals surface area contributed by atoms with Gasteiger partial charge in [0.15, 0.2) is 17.3 Å². The zero-order valence-corrected chi connectivity index (χ0v) is 14.4. The number of hydrogen-bond acceptors (Lipinski definition) is 6. The van der Waals surface area contributed by atoms with Crippen molar-refractivity contribution in [1.29, 1.82) is 0 Å². The highest BCUT2D eigenvalue weighted by atomic mass is 16.7. The SMILES string of the molecule is CN1C2CCCC1CN(c1nnccc1-c1ccc3c(c1)OCO3)C2. The van der Waals surface area contributed by atoms with Gasteiger partial charge in [-0.15, -0.1) is 5.10 Å². The van der Waals surface area contributed by atoms with Crippen molar-refractivity contribution in [3.8, 4) is 22.6 Å². The molecule has 2 fully saturated rings. The maximum Gasteiger partial charge on any atom is 0.231 e. The van der Waals surface area contributed by atoms with Crippen LogP contribution >= 0.6 is 0 Å². The normalized spacial score (nSPS) is 25.2. The standard InChI is InChI=1S/C19H22N4O2/c1-22-14-3-2-4-15(22)11-23(10-14)19-16(7-8-20-21-19)13-5-6-17-18(9-13)25-12-24-17/h5-9,14-15H,2-4,10-12H2,1H3. The zero-order valence-electron chi connectivity index (χ0n) is 14.4. The Kier molecular flexibility index (Phi) is 3.52. The molecule has 0 spiro atoms. The molecule has 6 nitrogen and oxygen atoms in total. The number of nitrogens with zero attached hydrogens (tertiary/aromatic N) is 4. The van der Waals surface area contributed by atoms with Crippen molar-refractivity contribution in [3.05, 3.63) is 30.5 Å². The molecule has 2 unspecified atom stereocenters. The molecule has 0 amide bonds. The quantitative estimate of drug-likeness (QED) is 0.839. The lowest BCUT2D eigenvalue weighted by Crippen LogP contribution is -2.59. The van der Waals surface area contributed by atoms with Crippen LogP contribution in [0.1, 0.15) is 19.3 Å². The molecule has 6 heteroatoms. The third-order valence-electron chi connectivity index (χ3n) is 5.77. The second-order valence-corrected chi connectivity index (χ2v) is 7.15. The van der Waals surface area contributed by atoms with Crippen LogP contribution in [-0.2, 0) is 0 Å². The van der Waals surface area contributed by atoms with Gasteiger partial charge >= 0.3 is 0 Å². The average molecular weight is 338 g/mol. The van der Waals surface area contributed by atoms with E-state index in [1.807, 2.05) is 18.2 Å². The Bertz CT molecular complexity index is 783. The lowest BCUT2D eigenvalue weighted by atomic mass is 9.91. The maximum absolute atomic E-state index is 5.54. The molecule has 1 aromatic carbocycles. The molecule has 2 aromatic rings. The van der Waals surface area contributed by atoms with Crippen LogP contribution in [0.15, 0.2) is 30.5 Å². The van der Waals surface area contributed by atoms with E-state index in [9.17, 15) is 0 Å². The van der Waals surface area contributed by atoms with Crippen LogP contribution in [-0.4, -0.2) is 54.1 Å². The minimum absolute atomic E-state index is 0.294. The summed E-state index contributed by atoms with van der Waals surface area (Å²) in [7, 11) is 2.27. The predicted octanol–water partition coefficient (Wildman–Crippen LogP) is 2.55. The summed E-state index contributed by atoms with van der Waals surface area (Å²) in [5.74, 6) is 2.59. The van der Waals surface area contributed by atoms with Crippen molar-refractivity contribution >= 4 is 5.82 Å². The molecular formula is C19H22N4O2. The van der Waals surface area contributed by atoms with Crippen LogP contribution < -0.4 is 14.4 Å². The first kappa shape index (κ1) is 15.0. The van der Waals surface area contributed by atoms with Crippen molar-refractivity contribution in [2.45, 2.75) is 31.3 Å². The number of ether oxygens (including phenoxy) is 2. The molecule has 5 rings (SSSR count). The molecule has 2 atom stereocenters. The molecule has 0 saturated carbocycles. The summed E-state index contributed by atoms with van der Waals surface area (Å²) >= 11 is 0. The summed E-state index contributed by atoms with van der Waals surface area (Å²) < 4.78 is 11.0. The maximum atomic E-state index is 5.54. The first-order valence-electron chi connectivity index (χ1n) is 8.98. The van der Waals surface area contributed by atoms with Gasteiger partial charge in [-0.05, 0) is 43.7 Å².